The Hall–Kier alpha value is -0.900. The second kappa shape index (κ2) is 6.74. The topological polar surface area (TPSA) is 32.7 Å². The first-order chi connectivity index (χ1) is 8.40. The lowest BCUT2D eigenvalue weighted by Gasteiger charge is -2.21. The van der Waals surface area contributed by atoms with Gasteiger partial charge in [0.1, 0.15) is 0 Å². The van der Waals surface area contributed by atoms with E-state index in [0.29, 0.717) is 13.2 Å². The van der Waals surface area contributed by atoms with Crippen LogP contribution in [0.25, 0.3) is 0 Å². The Morgan fingerprint density at radius 1 is 1.18 bits per heavy atom. The van der Waals surface area contributed by atoms with Gasteiger partial charge in [-0.3, -0.25) is 4.90 Å². The van der Waals surface area contributed by atoms with Crippen molar-refractivity contribution in [1.29, 1.82) is 0 Å². The Kier molecular flexibility index (Phi) is 4.98. The standard InChI is InChI=1S/C14H21NO2/c16-9-11-17-10-8-15(14-6-7-14)12-13-4-2-1-3-5-13/h1-5,14,16H,6-12H2. The van der Waals surface area contributed by atoms with E-state index in [1.807, 2.05) is 0 Å². The quantitative estimate of drug-likeness (QED) is 0.696. The highest BCUT2D eigenvalue weighted by Crippen LogP contribution is 2.27. The summed E-state index contributed by atoms with van der Waals surface area (Å²) in [6.45, 7) is 3.24. The zero-order chi connectivity index (χ0) is 11.9. The number of nitrogens with zero attached hydrogens (tertiary/aromatic N) is 1. The molecule has 17 heavy (non-hydrogen) atoms. The Bertz CT molecular complexity index is 311. The third-order valence-electron chi connectivity index (χ3n) is 3.05. The zero-order valence-corrected chi connectivity index (χ0v) is 10.2. The van der Waals surface area contributed by atoms with Gasteiger partial charge in [-0.05, 0) is 18.4 Å². The molecule has 0 unspecified atom stereocenters. The molecule has 0 aliphatic heterocycles. The molecule has 1 aromatic carbocycles. The average molecular weight is 235 g/mol. The van der Waals surface area contributed by atoms with Crippen LogP contribution < -0.4 is 0 Å². The number of ether oxygens (including phenoxy) is 1. The van der Waals surface area contributed by atoms with E-state index in [-0.39, 0.29) is 6.61 Å². The molecule has 1 fully saturated rings. The van der Waals surface area contributed by atoms with Crippen LogP contribution in [0.2, 0.25) is 0 Å². The SMILES string of the molecule is OCCOCCN(Cc1ccccc1)C1CC1. The van der Waals surface area contributed by atoms with Crippen molar-refractivity contribution in [2.24, 2.45) is 0 Å². The summed E-state index contributed by atoms with van der Waals surface area (Å²) in [7, 11) is 0. The lowest BCUT2D eigenvalue weighted by molar-refractivity contribution is 0.0702. The van der Waals surface area contributed by atoms with Gasteiger partial charge in [0, 0.05) is 19.1 Å². The van der Waals surface area contributed by atoms with Crippen LogP contribution in [0.4, 0.5) is 0 Å². The van der Waals surface area contributed by atoms with E-state index in [1.165, 1.54) is 18.4 Å². The fourth-order valence-electron chi connectivity index (χ4n) is 2.00. The van der Waals surface area contributed by atoms with Gasteiger partial charge in [0.05, 0.1) is 19.8 Å². The van der Waals surface area contributed by atoms with Crippen molar-refractivity contribution in [3.8, 4) is 0 Å². The molecule has 94 valence electrons. The molecule has 0 radical (unpaired) electrons. The highest BCUT2D eigenvalue weighted by molar-refractivity contribution is 5.14. The first-order valence-corrected chi connectivity index (χ1v) is 6.36. The average Bonchev–Trinajstić information content (AvgIpc) is 3.19. The molecule has 0 bridgehead atoms. The van der Waals surface area contributed by atoms with E-state index in [0.717, 1.165) is 19.1 Å². The van der Waals surface area contributed by atoms with Crippen molar-refractivity contribution in [2.45, 2.75) is 25.4 Å². The summed E-state index contributed by atoms with van der Waals surface area (Å²) in [6, 6.07) is 11.3. The van der Waals surface area contributed by atoms with E-state index < -0.39 is 0 Å². The highest BCUT2D eigenvalue weighted by atomic mass is 16.5. The van der Waals surface area contributed by atoms with E-state index in [9.17, 15) is 0 Å². The monoisotopic (exact) mass is 235 g/mol. The normalized spacial score (nSPS) is 15.4. The van der Waals surface area contributed by atoms with Gasteiger partial charge in [-0.25, -0.2) is 0 Å². The number of aliphatic hydroxyl groups excluding tert-OH is 1. The number of hydrogen-bond acceptors (Lipinski definition) is 3. The van der Waals surface area contributed by atoms with Crippen LogP contribution in [0.1, 0.15) is 18.4 Å². The van der Waals surface area contributed by atoms with Crippen molar-refractivity contribution >= 4 is 0 Å². The number of benzene rings is 1. The van der Waals surface area contributed by atoms with Gasteiger partial charge in [-0.2, -0.15) is 0 Å². The summed E-state index contributed by atoms with van der Waals surface area (Å²) < 4.78 is 5.34. The molecule has 3 nitrogen and oxygen atoms in total. The Labute approximate surface area is 103 Å². The van der Waals surface area contributed by atoms with Crippen molar-refractivity contribution < 1.29 is 9.84 Å². The van der Waals surface area contributed by atoms with Crippen LogP contribution in [-0.4, -0.2) is 42.4 Å². The third-order valence-corrected chi connectivity index (χ3v) is 3.05. The van der Waals surface area contributed by atoms with Crippen LogP contribution in [0, 0.1) is 0 Å². The zero-order valence-electron chi connectivity index (χ0n) is 10.2. The van der Waals surface area contributed by atoms with Crippen LogP contribution in [0.3, 0.4) is 0 Å². The molecule has 0 atom stereocenters. The predicted molar refractivity (Wildman–Crippen MR) is 67.8 cm³/mol. The Morgan fingerprint density at radius 2 is 1.94 bits per heavy atom. The fraction of sp³-hybridized carbons (Fsp3) is 0.571. The summed E-state index contributed by atoms with van der Waals surface area (Å²) in [5.74, 6) is 0. The van der Waals surface area contributed by atoms with E-state index in [1.54, 1.807) is 0 Å². The first kappa shape index (κ1) is 12.6. The van der Waals surface area contributed by atoms with Crippen molar-refractivity contribution in [3.05, 3.63) is 35.9 Å². The van der Waals surface area contributed by atoms with Crippen LogP contribution >= 0.6 is 0 Å². The number of hydrogen-bond donors (Lipinski definition) is 1. The molecule has 0 amide bonds. The van der Waals surface area contributed by atoms with Crippen LogP contribution in [0.5, 0.6) is 0 Å². The van der Waals surface area contributed by atoms with Crippen molar-refractivity contribution in [3.63, 3.8) is 0 Å². The second-order valence-corrected chi connectivity index (χ2v) is 4.52. The summed E-state index contributed by atoms with van der Waals surface area (Å²) in [5, 5.41) is 8.65. The summed E-state index contributed by atoms with van der Waals surface area (Å²) in [4.78, 5) is 2.48. The molecule has 1 aliphatic rings. The van der Waals surface area contributed by atoms with E-state index in [2.05, 4.69) is 35.2 Å². The molecule has 1 saturated carbocycles. The van der Waals surface area contributed by atoms with Gasteiger partial charge >= 0.3 is 0 Å². The molecule has 1 aliphatic carbocycles. The van der Waals surface area contributed by atoms with E-state index >= 15 is 0 Å². The van der Waals surface area contributed by atoms with Gasteiger partial charge in [0.2, 0.25) is 0 Å². The Balaban J connectivity index is 1.77. The van der Waals surface area contributed by atoms with Crippen molar-refractivity contribution in [2.75, 3.05) is 26.4 Å². The van der Waals surface area contributed by atoms with Gasteiger partial charge in [-0.15, -0.1) is 0 Å². The van der Waals surface area contributed by atoms with Gasteiger partial charge in [0.15, 0.2) is 0 Å². The van der Waals surface area contributed by atoms with Crippen molar-refractivity contribution in [1.82, 2.24) is 4.90 Å². The highest BCUT2D eigenvalue weighted by Gasteiger charge is 2.28. The molecule has 0 spiro atoms. The lowest BCUT2D eigenvalue weighted by Crippen LogP contribution is -2.29. The summed E-state index contributed by atoms with van der Waals surface area (Å²) in [6.07, 6.45) is 2.62. The largest absolute Gasteiger partial charge is 0.394 e. The lowest BCUT2D eigenvalue weighted by atomic mass is 10.2. The number of aliphatic hydroxyl groups is 1. The van der Waals surface area contributed by atoms with Crippen LogP contribution in [0.15, 0.2) is 30.3 Å². The molecular formula is C14H21NO2. The maximum atomic E-state index is 8.65. The van der Waals surface area contributed by atoms with Gasteiger partial charge in [0.25, 0.3) is 0 Å². The third kappa shape index (κ3) is 4.46. The minimum absolute atomic E-state index is 0.113. The fourth-order valence-corrected chi connectivity index (χ4v) is 2.00. The minimum Gasteiger partial charge on any atom is -0.394 e. The maximum Gasteiger partial charge on any atom is 0.0698 e. The molecule has 1 N–H and O–H groups in total. The van der Waals surface area contributed by atoms with Gasteiger partial charge in [-0.1, -0.05) is 30.3 Å². The molecule has 0 aromatic heterocycles. The molecule has 0 heterocycles. The predicted octanol–water partition coefficient (Wildman–Crippen LogP) is 1.66. The maximum absolute atomic E-state index is 8.65. The summed E-state index contributed by atoms with van der Waals surface area (Å²) >= 11 is 0. The summed E-state index contributed by atoms with van der Waals surface area (Å²) in [5.41, 5.74) is 1.36. The molecule has 3 heteroatoms. The van der Waals surface area contributed by atoms with E-state index in [4.69, 9.17) is 9.84 Å². The molecular weight excluding hydrogens is 214 g/mol. The van der Waals surface area contributed by atoms with Gasteiger partial charge < -0.3 is 9.84 Å². The molecule has 1 aromatic rings. The first-order valence-electron chi connectivity index (χ1n) is 6.36. The second-order valence-electron chi connectivity index (χ2n) is 4.52. The smallest absolute Gasteiger partial charge is 0.0698 e. The number of rotatable bonds is 8. The molecule has 2 rings (SSSR count). The Morgan fingerprint density at radius 3 is 2.59 bits per heavy atom. The molecule has 0 saturated heterocycles. The van der Waals surface area contributed by atoms with Crippen LogP contribution in [-0.2, 0) is 11.3 Å². The minimum atomic E-state index is 0.113.